The number of thiophene rings is 1. The lowest BCUT2D eigenvalue weighted by atomic mass is 10.3. The fourth-order valence-corrected chi connectivity index (χ4v) is 4.07. The third-order valence-corrected chi connectivity index (χ3v) is 5.88. The molecule has 1 fully saturated rings. The summed E-state index contributed by atoms with van der Waals surface area (Å²) >= 11 is 3.53. The Kier molecular flexibility index (Phi) is 5.33. The molecule has 6 heteroatoms. The molecule has 1 aliphatic rings. The Labute approximate surface area is 146 Å². The molecule has 0 aliphatic heterocycles. The van der Waals surface area contributed by atoms with Gasteiger partial charge in [-0.3, -0.25) is 4.99 Å². The van der Waals surface area contributed by atoms with E-state index >= 15 is 0 Å². The van der Waals surface area contributed by atoms with Gasteiger partial charge in [-0.2, -0.15) is 0 Å². The molecule has 1 aliphatic carbocycles. The van der Waals surface area contributed by atoms with Gasteiger partial charge in [-0.1, -0.05) is 6.92 Å². The van der Waals surface area contributed by atoms with Crippen LogP contribution >= 0.6 is 22.7 Å². The molecule has 3 rings (SSSR count). The highest BCUT2D eigenvalue weighted by Gasteiger charge is 2.33. The predicted octanol–water partition coefficient (Wildman–Crippen LogP) is 3.69. The zero-order valence-electron chi connectivity index (χ0n) is 13.9. The van der Waals surface area contributed by atoms with Crippen molar-refractivity contribution < 1.29 is 0 Å². The number of hydrogen-bond acceptors (Lipinski definition) is 4. The zero-order chi connectivity index (χ0) is 16.2. The summed E-state index contributed by atoms with van der Waals surface area (Å²) in [5, 5.41) is 10.1. The van der Waals surface area contributed by atoms with Crippen LogP contribution in [0, 0.1) is 12.8 Å². The molecule has 2 heterocycles. The van der Waals surface area contributed by atoms with Crippen LogP contribution in [-0.2, 0) is 6.42 Å². The van der Waals surface area contributed by atoms with E-state index in [1.165, 1.54) is 16.2 Å². The first-order valence-corrected chi connectivity index (χ1v) is 9.91. The van der Waals surface area contributed by atoms with E-state index in [0.717, 1.165) is 42.1 Å². The Bertz CT molecular complexity index is 674. The number of aliphatic imine (C=N–C) groups is 1. The van der Waals surface area contributed by atoms with Gasteiger partial charge in [-0.05, 0) is 38.3 Å². The van der Waals surface area contributed by atoms with Crippen LogP contribution in [0.4, 0.5) is 0 Å². The minimum atomic E-state index is 0.606. The van der Waals surface area contributed by atoms with Crippen LogP contribution in [0.1, 0.15) is 30.2 Å². The topological polar surface area (TPSA) is 49.3 Å². The highest BCUT2D eigenvalue weighted by Crippen LogP contribution is 2.30. The molecule has 2 atom stereocenters. The molecule has 1 saturated carbocycles. The van der Waals surface area contributed by atoms with Crippen LogP contribution in [0.3, 0.4) is 0 Å². The number of guanidine groups is 1. The summed E-state index contributed by atoms with van der Waals surface area (Å²) in [6, 6.07) is 4.98. The zero-order valence-corrected chi connectivity index (χ0v) is 15.6. The Morgan fingerprint density at radius 1 is 1.43 bits per heavy atom. The lowest BCUT2D eigenvalue weighted by molar-refractivity contribution is 0.765. The maximum Gasteiger partial charge on any atom is 0.191 e. The van der Waals surface area contributed by atoms with E-state index in [9.17, 15) is 0 Å². The second kappa shape index (κ2) is 7.45. The number of aromatic nitrogens is 1. The minimum Gasteiger partial charge on any atom is -0.357 e. The molecule has 0 aromatic carbocycles. The number of thiazole rings is 1. The van der Waals surface area contributed by atoms with E-state index in [-0.39, 0.29) is 0 Å². The van der Waals surface area contributed by atoms with E-state index < -0.39 is 0 Å². The monoisotopic (exact) mass is 348 g/mol. The highest BCUT2D eigenvalue weighted by molar-refractivity contribution is 7.16. The van der Waals surface area contributed by atoms with Gasteiger partial charge >= 0.3 is 0 Å². The lowest BCUT2D eigenvalue weighted by Gasteiger charge is -2.10. The van der Waals surface area contributed by atoms with Crippen molar-refractivity contribution in [1.29, 1.82) is 0 Å². The molecular weight excluding hydrogens is 324 g/mol. The molecule has 2 aromatic rings. The third kappa shape index (κ3) is 4.54. The van der Waals surface area contributed by atoms with Gasteiger partial charge in [0.2, 0.25) is 0 Å². The number of hydrogen-bond donors (Lipinski definition) is 2. The average Bonchev–Trinajstić information content (AvgIpc) is 2.94. The van der Waals surface area contributed by atoms with Crippen LogP contribution in [-0.4, -0.2) is 30.1 Å². The molecule has 124 valence electrons. The molecule has 4 nitrogen and oxygen atoms in total. The number of rotatable bonds is 6. The van der Waals surface area contributed by atoms with Crippen LogP contribution < -0.4 is 10.6 Å². The molecule has 2 N–H and O–H groups in total. The van der Waals surface area contributed by atoms with E-state index in [0.29, 0.717) is 6.04 Å². The molecule has 0 radical (unpaired) electrons. The lowest BCUT2D eigenvalue weighted by Crippen LogP contribution is -2.39. The standard InChI is InChI=1S/C17H24N4S2/c1-4-18-17(21-14-9-11(14)2)19-8-7-13-5-6-16(23-13)15-10-22-12(3)20-15/h5-6,10-11,14H,4,7-9H2,1-3H3,(H2,18,19,21). The van der Waals surface area contributed by atoms with Crippen LogP contribution in [0.2, 0.25) is 0 Å². The molecule has 0 spiro atoms. The van der Waals surface area contributed by atoms with Gasteiger partial charge < -0.3 is 10.6 Å². The van der Waals surface area contributed by atoms with Crippen molar-refractivity contribution in [3.63, 3.8) is 0 Å². The quantitative estimate of drug-likeness (QED) is 0.618. The number of nitrogens with zero attached hydrogens (tertiary/aromatic N) is 2. The second-order valence-corrected chi connectivity index (χ2v) is 8.22. The molecular formula is C17H24N4S2. The summed E-state index contributed by atoms with van der Waals surface area (Å²) in [6.07, 6.45) is 2.23. The van der Waals surface area contributed by atoms with Crippen molar-refractivity contribution in [2.24, 2.45) is 10.9 Å². The van der Waals surface area contributed by atoms with E-state index in [1.54, 1.807) is 11.3 Å². The summed E-state index contributed by atoms with van der Waals surface area (Å²) < 4.78 is 0. The molecule has 0 amide bonds. The Balaban J connectivity index is 1.54. The summed E-state index contributed by atoms with van der Waals surface area (Å²) in [7, 11) is 0. The number of nitrogens with one attached hydrogen (secondary N) is 2. The highest BCUT2D eigenvalue weighted by atomic mass is 32.1. The van der Waals surface area contributed by atoms with Gasteiger partial charge in [-0.15, -0.1) is 22.7 Å². The van der Waals surface area contributed by atoms with Gasteiger partial charge in [-0.25, -0.2) is 4.98 Å². The molecule has 0 bridgehead atoms. The molecule has 0 saturated heterocycles. The van der Waals surface area contributed by atoms with Gasteiger partial charge in [0.1, 0.15) is 0 Å². The van der Waals surface area contributed by atoms with Gasteiger partial charge in [0.15, 0.2) is 5.96 Å². The predicted molar refractivity (Wildman–Crippen MR) is 101 cm³/mol. The number of aryl methyl sites for hydroxylation is 1. The first-order chi connectivity index (χ1) is 11.2. The average molecular weight is 349 g/mol. The maximum absolute atomic E-state index is 4.70. The van der Waals surface area contributed by atoms with Gasteiger partial charge in [0.05, 0.1) is 15.6 Å². The normalized spacial score (nSPS) is 20.6. The van der Waals surface area contributed by atoms with Crippen molar-refractivity contribution in [1.82, 2.24) is 15.6 Å². The third-order valence-electron chi connectivity index (χ3n) is 3.94. The minimum absolute atomic E-state index is 0.606. The van der Waals surface area contributed by atoms with Crippen LogP contribution in [0.5, 0.6) is 0 Å². The fraction of sp³-hybridized carbons (Fsp3) is 0.529. The van der Waals surface area contributed by atoms with E-state index in [2.05, 4.69) is 47.0 Å². The van der Waals surface area contributed by atoms with Crippen molar-refractivity contribution in [2.75, 3.05) is 13.1 Å². The SMILES string of the molecule is CCNC(=NCCc1ccc(-c2csc(C)n2)s1)NC1CC1C. The summed E-state index contributed by atoms with van der Waals surface area (Å²) in [4.78, 5) is 11.9. The molecule has 23 heavy (non-hydrogen) atoms. The van der Waals surface area contributed by atoms with Gasteiger partial charge in [0.25, 0.3) is 0 Å². The summed E-state index contributed by atoms with van der Waals surface area (Å²) in [5.41, 5.74) is 1.10. The van der Waals surface area contributed by atoms with Crippen molar-refractivity contribution in [3.8, 4) is 10.6 Å². The fourth-order valence-electron chi connectivity index (χ4n) is 2.42. The molecule has 2 aromatic heterocycles. The van der Waals surface area contributed by atoms with Crippen LogP contribution in [0.25, 0.3) is 10.6 Å². The Hall–Kier alpha value is -1.40. The second-order valence-electron chi connectivity index (χ2n) is 5.99. The van der Waals surface area contributed by atoms with E-state index in [4.69, 9.17) is 4.99 Å². The summed E-state index contributed by atoms with van der Waals surface area (Å²) in [5.74, 6) is 1.73. The summed E-state index contributed by atoms with van der Waals surface area (Å²) in [6.45, 7) is 8.14. The van der Waals surface area contributed by atoms with Crippen LogP contribution in [0.15, 0.2) is 22.5 Å². The molecule has 2 unspecified atom stereocenters. The van der Waals surface area contributed by atoms with E-state index in [1.807, 2.05) is 18.3 Å². The van der Waals surface area contributed by atoms with Crippen molar-refractivity contribution >= 4 is 28.6 Å². The van der Waals surface area contributed by atoms with Gasteiger partial charge in [0, 0.05) is 35.8 Å². The maximum atomic E-state index is 4.70. The van der Waals surface area contributed by atoms with Crippen molar-refractivity contribution in [2.45, 2.75) is 39.7 Å². The Morgan fingerprint density at radius 3 is 2.91 bits per heavy atom. The largest absolute Gasteiger partial charge is 0.357 e. The first kappa shape index (κ1) is 16.5. The Morgan fingerprint density at radius 2 is 2.26 bits per heavy atom. The van der Waals surface area contributed by atoms with Crippen molar-refractivity contribution in [3.05, 3.63) is 27.4 Å². The smallest absolute Gasteiger partial charge is 0.191 e. The first-order valence-electron chi connectivity index (χ1n) is 8.21.